The van der Waals surface area contributed by atoms with Crippen LogP contribution in [0.3, 0.4) is 0 Å². The van der Waals surface area contributed by atoms with Crippen molar-refractivity contribution in [2.24, 2.45) is 0 Å². The number of aromatic nitrogens is 1. The third-order valence-electron chi connectivity index (χ3n) is 4.16. The molecule has 0 aliphatic carbocycles. The average Bonchev–Trinajstić information content (AvgIpc) is 2.80. The topological polar surface area (TPSA) is 72.6 Å². The standard InChI is InChI=1S/C16H24N2O4/c1-4-21-16(20)9-13-7-5-6-8-18(13)15(19)10-14-11(2)17-22-12(14)3/h13H,4-10H2,1-3H3. The highest BCUT2D eigenvalue weighted by Gasteiger charge is 2.29. The molecular weight excluding hydrogens is 284 g/mol. The number of piperidine rings is 1. The molecule has 1 saturated heterocycles. The van der Waals surface area contributed by atoms with Gasteiger partial charge in [-0.1, -0.05) is 5.16 Å². The molecule has 1 unspecified atom stereocenters. The van der Waals surface area contributed by atoms with Gasteiger partial charge in [0.05, 0.1) is 25.1 Å². The van der Waals surface area contributed by atoms with Gasteiger partial charge in [-0.2, -0.15) is 0 Å². The largest absolute Gasteiger partial charge is 0.466 e. The number of nitrogens with zero attached hydrogens (tertiary/aromatic N) is 2. The maximum absolute atomic E-state index is 12.6. The molecule has 0 radical (unpaired) electrons. The molecule has 1 fully saturated rings. The highest BCUT2D eigenvalue weighted by atomic mass is 16.5. The van der Waals surface area contributed by atoms with Gasteiger partial charge < -0.3 is 14.2 Å². The maximum Gasteiger partial charge on any atom is 0.307 e. The summed E-state index contributed by atoms with van der Waals surface area (Å²) in [6, 6.07) is -0.0548. The Morgan fingerprint density at radius 3 is 2.77 bits per heavy atom. The lowest BCUT2D eigenvalue weighted by Crippen LogP contribution is -2.45. The Balaban J connectivity index is 2.03. The number of carbonyl (C=O) groups excluding carboxylic acids is 2. The second kappa shape index (κ2) is 7.42. The zero-order valence-electron chi connectivity index (χ0n) is 13.6. The minimum atomic E-state index is -0.232. The van der Waals surface area contributed by atoms with Crippen molar-refractivity contribution in [2.45, 2.75) is 58.9 Å². The van der Waals surface area contributed by atoms with E-state index in [1.165, 1.54) is 0 Å². The summed E-state index contributed by atoms with van der Waals surface area (Å²) in [5.41, 5.74) is 1.61. The van der Waals surface area contributed by atoms with Gasteiger partial charge in [-0.25, -0.2) is 0 Å². The Morgan fingerprint density at radius 1 is 1.36 bits per heavy atom. The van der Waals surface area contributed by atoms with Gasteiger partial charge in [-0.15, -0.1) is 0 Å². The Hall–Kier alpha value is -1.85. The number of rotatable bonds is 5. The van der Waals surface area contributed by atoms with Gasteiger partial charge >= 0.3 is 5.97 Å². The normalized spacial score (nSPS) is 18.3. The summed E-state index contributed by atoms with van der Waals surface area (Å²) in [6.45, 7) is 6.52. The van der Waals surface area contributed by atoms with E-state index in [-0.39, 0.29) is 30.8 Å². The molecule has 2 rings (SSSR count). The van der Waals surface area contributed by atoms with Crippen LogP contribution in [0, 0.1) is 13.8 Å². The van der Waals surface area contributed by atoms with Crippen LogP contribution in [-0.4, -0.2) is 41.1 Å². The molecule has 0 saturated carbocycles. The number of amides is 1. The number of hydrogen-bond acceptors (Lipinski definition) is 5. The Morgan fingerprint density at radius 2 is 2.14 bits per heavy atom. The second-order valence-electron chi connectivity index (χ2n) is 5.73. The molecule has 1 aromatic rings. The van der Waals surface area contributed by atoms with E-state index in [0.29, 0.717) is 18.9 Å². The predicted molar refractivity (Wildman–Crippen MR) is 80.3 cm³/mol. The van der Waals surface area contributed by atoms with E-state index in [1.54, 1.807) is 6.92 Å². The highest BCUT2D eigenvalue weighted by Crippen LogP contribution is 2.22. The Kier molecular flexibility index (Phi) is 5.57. The number of likely N-dealkylation sites (tertiary alicyclic amines) is 1. The van der Waals surface area contributed by atoms with E-state index in [2.05, 4.69) is 5.16 Å². The molecule has 0 bridgehead atoms. The molecule has 1 amide bonds. The molecule has 0 aromatic carbocycles. The van der Waals surface area contributed by atoms with E-state index in [0.717, 1.165) is 30.5 Å². The van der Waals surface area contributed by atoms with E-state index >= 15 is 0 Å². The summed E-state index contributed by atoms with van der Waals surface area (Å²) in [5.74, 6) is 0.484. The van der Waals surface area contributed by atoms with Crippen molar-refractivity contribution in [1.82, 2.24) is 10.1 Å². The molecule has 6 nitrogen and oxygen atoms in total. The Bertz CT molecular complexity index is 519. The van der Waals surface area contributed by atoms with Crippen molar-refractivity contribution in [3.8, 4) is 0 Å². The molecule has 6 heteroatoms. The van der Waals surface area contributed by atoms with Gasteiger partial charge in [0.15, 0.2) is 0 Å². The highest BCUT2D eigenvalue weighted by molar-refractivity contribution is 5.80. The first-order valence-corrected chi connectivity index (χ1v) is 7.89. The van der Waals surface area contributed by atoms with Crippen LogP contribution in [0.2, 0.25) is 0 Å². The van der Waals surface area contributed by atoms with Crippen LogP contribution in [0.5, 0.6) is 0 Å². The van der Waals surface area contributed by atoms with Crippen molar-refractivity contribution in [3.05, 3.63) is 17.0 Å². The van der Waals surface area contributed by atoms with Crippen molar-refractivity contribution >= 4 is 11.9 Å². The molecule has 122 valence electrons. The maximum atomic E-state index is 12.6. The minimum absolute atomic E-state index is 0.0309. The quantitative estimate of drug-likeness (QED) is 0.779. The number of carbonyl (C=O) groups is 2. The first kappa shape index (κ1) is 16.5. The number of aryl methyl sites for hydroxylation is 2. The van der Waals surface area contributed by atoms with Crippen LogP contribution in [0.4, 0.5) is 0 Å². The molecular formula is C16H24N2O4. The lowest BCUT2D eigenvalue weighted by Gasteiger charge is -2.35. The number of hydrogen-bond donors (Lipinski definition) is 0. The van der Waals surface area contributed by atoms with Gasteiger partial charge in [-0.05, 0) is 40.0 Å². The smallest absolute Gasteiger partial charge is 0.307 e. The van der Waals surface area contributed by atoms with Crippen LogP contribution >= 0.6 is 0 Å². The van der Waals surface area contributed by atoms with E-state index in [4.69, 9.17) is 9.26 Å². The second-order valence-corrected chi connectivity index (χ2v) is 5.73. The third kappa shape index (κ3) is 3.87. The number of ether oxygens (including phenoxy) is 1. The first-order valence-electron chi connectivity index (χ1n) is 7.89. The predicted octanol–water partition coefficient (Wildman–Crippen LogP) is 2.17. The molecule has 2 heterocycles. The molecule has 1 aliphatic rings. The molecule has 22 heavy (non-hydrogen) atoms. The zero-order chi connectivity index (χ0) is 16.1. The summed E-state index contributed by atoms with van der Waals surface area (Å²) in [4.78, 5) is 26.2. The first-order chi connectivity index (χ1) is 10.5. The van der Waals surface area contributed by atoms with Crippen molar-refractivity contribution in [2.75, 3.05) is 13.2 Å². The van der Waals surface area contributed by atoms with Crippen LogP contribution in [0.25, 0.3) is 0 Å². The summed E-state index contributed by atoms with van der Waals surface area (Å²) in [6.07, 6.45) is 3.43. The van der Waals surface area contributed by atoms with Gasteiger partial charge in [0, 0.05) is 18.2 Å². The van der Waals surface area contributed by atoms with Gasteiger partial charge in [0.2, 0.25) is 5.91 Å². The van der Waals surface area contributed by atoms with Crippen LogP contribution in [0.1, 0.15) is 49.6 Å². The van der Waals surface area contributed by atoms with Crippen LogP contribution in [-0.2, 0) is 20.7 Å². The molecule has 1 atom stereocenters. The van der Waals surface area contributed by atoms with Crippen LogP contribution in [0.15, 0.2) is 4.52 Å². The fraction of sp³-hybridized carbons (Fsp3) is 0.688. The summed E-state index contributed by atoms with van der Waals surface area (Å²) < 4.78 is 10.1. The van der Waals surface area contributed by atoms with Gasteiger partial charge in [-0.3, -0.25) is 9.59 Å². The summed E-state index contributed by atoms with van der Waals surface area (Å²) in [7, 11) is 0. The summed E-state index contributed by atoms with van der Waals surface area (Å²) >= 11 is 0. The van der Waals surface area contributed by atoms with Gasteiger partial charge in [0.1, 0.15) is 5.76 Å². The van der Waals surface area contributed by atoms with E-state index in [1.807, 2.05) is 18.7 Å². The molecule has 0 spiro atoms. The van der Waals surface area contributed by atoms with E-state index < -0.39 is 0 Å². The lowest BCUT2D eigenvalue weighted by molar-refractivity contribution is -0.146. The Labute approximate surface area is 130 Å². The minimum Gasteiger partial charge on any atom is -0.466 e. The fourth-order valence-electron chi connectivity index (χ4n) is 2.96. The zero-order valence-corrected chi connectivity index (χ0v) is 13.6. The van der Waals surface area contributed by atoms with E-state index in [9.17, 15) is 9.59 Å². The van der Waals surface area contributed by atoms with Crippen LogP contribution < -0.4 is 0 Å². The molecule has 1 aliphatic heterocycles. The summed E-state index contributed by atoms with van der Waals surface area (Å²) in [5, 5.41) is 3.89. The fourth-order valence-corrected chi connectivity index (χ4v) is 2.96. The van der Waals surface area contributed by atoms with Crippen molar-refractivity contribution < 1.29 is 18.8 Å². The van der Waals surface area contributed by atoms with Gasteiger partial charge in [0.25, 0.3) is 0 Å². The molecule has 1 aromatic heterocycles. The molecule has 0 N–H and O–H groups in total. The number of esters is 1. The van der Waals surface area contributed by atoms with Crippen molar-refractivity contribution in [3.63, 3.8) is 0 Å². The average molecular weight is 308 g/mol. The SMILES string of the molecule is CCOC(=O)CC1CCCCN1C(=O)Cc1c(C)noc1C. The van der Waals surface area contributed by atoms with Crippen molar-refractivity contribution in [1.29, 1.82) is 0 Å². The third-order valence-corrected chi connectivity index (χ3v) is 4.16. The lowest BCUT2D eigenvalue weighted by atomic mass is 9.98. The monoisotopic (exact) mass is 308 g/mol.